The first-order chi connectivity index (χ1) is 8.50. The first kappa shape index (κ1) is 14.4. The van der Waals surface area contributed by atoms with Crippen LogP contribution in [0.4, 0.5) is 11.4 Å². The lowest BCUT2D eigenvalue weighted by atomic mass is 10.1. The Morgan fingerprint density at radius 3 is 2.67 bits per heavy atom. The molecule has 0 fully saturated rings. The average Bonchev–Trinajstić information content (AvgIpc) is 2.27. The van der Waals surface area contributed by atoms with Crippen molar-refractivity contribution in [3.8, 4) is 0 Å². The van der Waals surface area contributed by atoms with Gasteiger partial charge in [-0.05, 0) is 30.5 Å². The van der Waals surface area contributed by atoms with E-state index in [1.54, 1.807) is 18.2 Å². The Morgan fingerprint density at radius 2 is 2.06 bits per heavy atom. The Hall–Kier alpha value is -1.71. The summed E-state index contributed by atoms with van der Waals surface area (Å²) in [4.78, 5) is 11.3. The smallest absolute Gasteiger partial charge is 0.250 e. The molecular formula is C14H23N3O. The van der Waals surface area contributed by atoms with E-state index in [2.05, 4.69) is 19.2 Å². The first-order valence-electron chi connectivity index (χ1n) is 6.44. The molecule has 0 aliphatic carbocycles. The molecule has 0 radical (unpaired) electrons. The minimum absolute atomic E-state index is 0.431. The van der Waals surface area contributed by atoms with Crippen molar-refractivity contribution in [3.63, 3.8) is 0 Å². The molecule has 0 saturated heterocycles. The lowest BCUT2D eigenvalue weighted by Crippen LogP contribution is -2.15. The number of primary amides is 1. The molecule has 1 amide bonds. The molecule has 0 atom stereocenters. The number of nitrogen functional groups attached to an aromatic ring is 1. The maximum atomic E-state index is 11.3. The predicted molar refractivity (Wildman–Crippen MR) is 76.6 cm³/mol. The lowest BCUT2D eigenvalue weighted by Gasteiger charge is -2.11. The molecule has 0 aliphatic heterocycles. The highest BCUT2D eigenvalue weighted by molar-refractivity contribution is 5.99. The molecule has 0 aromatic heterocycles. The number of unbranched alkanes of at least 4 members (excludes halogenated alkanes) is 1. The van der Waals surface area contributed by atoms with E-state index in [1.807, 2.05) is 0 Å². The summed E-state index contributed by atoms with van der Waals surface area (Å²) in [6.45, 7) is 5.27. The monoisotopic (exact) mass is 249 g/mol. The van der Waals surface area contributed by atoms with Gasteiger partial charge >= 0.3 is 0 Å². The van der Waals surface area contributed by atoms with Gasteiger partial charge in [-0.15, -0.1) is 0 Å². The predicted octanol–water partition coefficient (Wildman–Crippen LogP) is 2.61. The maximum absolute atomic E-state index is 11.3. The standard InChI is InChI=1S/C14H23N3O/c1-10(2)5-3-4-8-17-13-9-11(15)6-7-12(13)14(16)18/h6-7,9-10,17H,3-5,8,15H2,1-2H3,(H2,16,18). The van der Waals surface area contributed by atoms with Gasteiger partial charge in [0.15, 0.2) is 0 Å². The molecule has 0 spiro atoms. The molecule has 1 aromatic rings. The van der Waals surface area contributed by atoms with Crippen LogP contribution in [-0.2, 0) is 0 Å². The lowest BCUT2D eigenvalue weighted by molar-refractivity contribution is 0.100. The van der Waals surface area contributed by atoms with Gasteiger partial charge in [0.2, 0.25) is 0 Å². The molecule has 1 rings (SSSR count). The van der Waals surface area contributed by atoms with Crippen molar-refractivity contribution < 1.29 is 4.79 Å². The molecule has 0 saturated carbocycles. The molecule has 0 bridgehead atoms. The summed E-state index contributed by atoms with van der Waals surface area (Å²) in [5.74, 6) is 0.304. The van der Waals surface area contributed by atoms with E-state index in [-0.39, 0.29) is 0 Å². The van der Waals surface area contributed by atoms with Crippen LogP contribution in [0.5, 0.6) is 0 Å². The summed E-state index contributed by atoms with van der Waals surface area (Å²) < 4.78 is 0. The highest BCUT2D eigenvalue weighted by atomic mass is 16.1. The average molecular weight is 249 g/mol. The van der Waals surface area contributed by atoms with Gasteiger partial charge in [-0.2, -0.15) is 0 Å². The Morgan fingerprint density at radius 1 is 1.33 bits per heavy atom. The van der Waals surface area contributed by atoms with E-state index >= 15 is 0 Å². The second-order valence-electron chi connectivity index (χ2n) is 4.99. The van der Waals surface area contributed by atoms with Crippen LogP contribution >= 0.6 is 0 Å². The molecule has 4 nitrogen and oxygen atoms in total. The summed E-state index contributed by atoms with van der Waals surface area (Å²) in [7, 11) is 0. The largest absolute Gasteiger partial charge is 0.399 e. The van der Waals surface area contributed by atoms with Crippen molar-refractivity contribution in [3.05, 3.63) is 23.8 Å². The van der Waals surface area contributed by atoms with E-state index in [9.17, 15) is 4.79 Å². The van der Waals surface area contributed by atoms with Crippen molar-refractivity contribution in [2.45, 2.75) is 33.1 Å². The van der Waals surface area contributed by atoms with Crippen molar-refractivity contribution in [2.75, 3.05) is 17.6 Å². The minimum Gasteiger partial charge on any atom is -0.399 e. The Labute approximate surface area is 109 Å². The van der Waals surface area contributed by atoms with Crippen molar-refractivity contribution >= 4 is 17.3 Å². The van der Waals surface area contributed by atoms with E-state index in [4.69, 9.17) is 11.5 Å². The molecular weight excluding hydrogens is 226 g/mol. The maximum Gasteiger partial charge on any atom is 0.250 e. The number of nitrogens with two attached hydrogens (primary N) is 2. The molecule has 0 heterocycles. The number of nitrogens with one attached hydrogen (secondary N) is 1. The van der Waals surface area contributed by atoms with Crippen LogP contribution in [0.3, 0.4) is 0 Å². The van der Waals surface area contributed by atoms with Gasteiger partial charge in [0, 0.05) is 17.9 Å². The van der Waals surface area contributed by atoms with E-state index in [0.29, 0.717) is 11.3 Å². The molecule has 100 valence electrons. The zero-order chi connectivity index (χ0) is 13.5. The van der Waals surface area contributed by atoms with Crippen LogP contribution in [-0.4, -0.2) is 12.5 Å². The molecule has 4 heteroatoms. The number of rotatable bonds is 7. The fourth-order valence-corrected chi connectivity index (χ4v) is 1.82. The summed E-state index contributed by atoms with van der Waals surface area (Å²) in [5.41, 5.74) is 12.9. The zero-order valence-electron chi connectivity index (χ0n) is 11.2. The highest BCUT2D eigenvalue weighted by Gasteiger charge is 2.07. The zero-order valence-corrected chi connectivity index (χ0v) is 11.2. The SMILES string of the molecule is CC(C)CCCCNc1cc(N)ccc1C(N)=O. The number of amides is 1. The van der Waals surface area contributed by atoms with Gasteiger partial charge < -0.3 is 16.8 Å². The summed E-state index contributed by atoms with van der Waals surface area (Å²) in [5, 5.41) is 3.23. The third-order valence-electron chi connectivity index (χ3n) is 2.83. The molecule has 0 unspecified atom stereocenters. The number of hydrogen-bond acceptors (Lipinski definition) is 3. The topological polar surface area (TPSA) is 81.1 Å². The van der Waals surface area contributed by atoms with Gasteiger partial charge in [0.25, 0.3) is 5.91 Å². The minimum atomic E-state index is -0.431. The van der Waals surface area contributed by atoms with Crippen molar-refractivity contribution in [1.82, 2.24) is 0 Å². The summed E-state index contributed by atoms with van der Waals surface area (Å²) >= 11 is 0. The van der Waals surface area contributed by atoms with Crippen LogP contribution in [0, 0.1) is 5.92 Å². The fourth-order valence-electron chi connectivity index (χ4n) is 1.82. The van der Waals surface area contributed by atoms with Gasteiger partial charge in [0.05, 0.1) is 5.56 Å². The molecule has 5 N–H and O–H groups in total. The van der Waals surface area contributed by atoms with Crippen LogP contribution in [0.25, 0.3) is 0 Å². The Balaban J connectivity index is 2.50. The van der Waals surface area contributed by atoms with Crippen molar-refractivity contribution in [2.24, 2.45) is 11.7 Å². The molecule has 1 aromatic carbocycles. The first-order valence-corrected chi connectivity index (χ1v) is 6.44. The summed E-state index contributed by atoms with van der Waals surface area (Å²) in [6.07, 6.45) is 3.48. The van der Waals surface area contributed by atoms with Gasteiger partial charge in [-0.3, -0.25) is 4.79 Å². The van der Waals surface area contributed by atoms with E-state index in [1.165, 1.54) is 12.8 Å². The normalized spacial score (nSPS) is 10.6. The highest BCUT2D eigenvalue weighted by Crippen LogP contribution is 2.19. The number of carbonyl (C=O) groups is 1. The number of carbonyl (C=O) groups excluding carboxylic acids is 1. The Kier molecular flexibility index (Phi) is 5.49. The van der Waals surface area contributed by atoms with Crippen LogP contribution in [0.2, 0.25) is 0 Å². The van der Waals surface area contributed by atoms with Gasteiger partial charge in [0.1, 0.15) is 0 Å². The van der Waals surface area contributed by atoms with Crippen molar-refractivity contribution in [1.29, 1.82) is 0 Å². The van der Waals surface area contributed by atoms with E-state index in [0.717, 1.165) is 24.6 Å². The Bertz CT molecular complexity index is 402. The van der Waals surface area contributed by atoms with Crippen LogP contribution in [0.15, 0.2) is 18.2 Å². The molecule has 18 heavy (non-hydrogen) atoms. The molecule has 0 aliphatic rings. The summed E-state index contributed by atoms with van der Waals surface area (Å²) in [6, 6.07) is 5.10. The fraction of sp³-hybridized carbons (Fsp3) is 0.500. The quantitative estimate of drug-likeness (QED) is 0.513. The van der Waals surface area contributed by atoms with Gasteiger partial charge in [-0.25, -0.2) is 0 Å². The van der Waals surface area contributed by atoms with Crippen LogP contribution in [0.1, 0.15) is 43.5 Å². The van der Waals surface area contributed by atoms with Gasteiger partial charge in [-0.1, -0.05) is 26.7 Å². The van der Waals surface area contributed by atoms with E-state index < -0.39 is 5.91 Å². The van der Waals surface area contributed by atoms with Crippen LogP contribution < -0.4 is 16.8 Å². The number of anilines is 2. The second-order valence-corrected chi connectivity index (χ2v) is 4.99. The third-order valence-corrected chi connectivity index (χ3v) is 2.83. The number of benzene rings is 1. The second kappa shape index (κ2) is 6.89. The number of hydrogen-bond donors (Lipinski definition) is 3. The third kappa shape index (κ3) is 4.65.